The van der Waals surface area contributed by atoms with Crippen LogP contribution in [0.2, 0.25) is 0 Å². The van der Waals surface area contributed by atoms with Crippen LogP contribution >= 0.6 is 11.8 Å². The van der Waals surface area contributed by atoms with E-state index in [-0.39, 0.29) is 22.9 Å². The third-order valence-electron chi connectivity index (χ3n) is 4.89. The molecule has 0 saturated carbocycles. The molecule has 0 radical (unpaired) electrons. The van der Waals surface area contributed by atoms with Gasteiger partial charge in [0.25, 0.3) is 5.91 Å². The van der Waals surface area contributed by atoms with Crippen molar-refractivity contribution in [3.05, 3.63) is 64.9 Å². The summed E-state index contributed by atoms with van der Waals surface area (Å²) in [6.45, 7) is 6.23. The second-order valence-electron chi connectivity index (χ2n) is 7.02. The number of rotatable bonds is 7. The number of anilines is 1. The van der Waals surface area contributed by atoms with E-state index in [0.717, 1.165) is 28.0 Å². The number of aromatic nitrogens is 1. The van der Waals surface area contributed by atoms with Crippen molar-refractivity contribution in [1.29, 1.82) is 0 Å². The van der Waals surface area contributed by atoms with Crippen molar-refractivity contribution in [1.82, 2.24) is 9.88 Å². The Morgan fingerprint density at radius 2 is 1.93 bits per heavy atom. The van der Waals surface area contributed by atoms with Crippen molar-refractivity contribution < 1.29 is 14.3 Å². The Kier molecular flexibility index (Phi) is 6.59. The van der Waals surface area contributed by atoms with Crippen LogP contribution in [0.3, 0.4) is 0 Å². The van der Waals surface area contributed by atoms with Gasteiger partial charge in [0.1, 0.15) is 16.9 Å². The Morgan fingerprint density at radius 1 is 1.21 bits per heavy atom. The highest BCUT2D eigenvalue weighted by atomic mass is 32.2. The zero-order valence-corrected chi connectivity index (χ0v) is 17.9. The molecule has 2 aromatic rings. The minimum absolute atomic E-state index is 0.0107. The molecule has 2 heterocycles. The third kappa shape index (κ3) is 4.98. The van der Waals surface area contributed by atoms with Crippen LogP contribution in [0.5, 0.6) is 5.75 Å². The van der Waals surface area contributed by atoms with E-state index in [1.165, 1.54) is 11.8 Å². The summed E-state index contributed by atoms with van der Waals surface area (Å²) in [6.07, 6.45) is 1.67. The fraction of sp³-hybridized carbons (Fsp3) is 0.318. The molecule has 7 heteroatoms. The van der Waals surface area contributed by atoms with Crippen LogP contribution < -0.4 is 10.1 Å². The Balaban J connectivity index is 1.65. The van der Waals surface area contributed by atoms with E-state index < -0.39 is 0 Å². The molecule has 0 bridgehead atoms. The molecule has 1 N–H and O–H groups in total. The maximum atomic E-state index is 12.7. The van der Waals surface area contributed by atoms with Gasteiger partial charge in [-0.25, -0.2) is 4.98 Å². The largest absolute Gasteiger partial charge is 0.497 e. The summed E-state index contributed by atoms with van der Waals surface area (Å²) in [6, 6.07) is 11.4. The summed E-state index contributed by atoms with van der Waals surface area (Å²) in [5, 5.41) is 2.65. The van der Waals surface area contributed by atoms with E-state index >= 15 is 0 Å². The van der Waals surface area contributed by atoms with Crippen molar-refractivity contribution in [2.75, 3.05) is 18.2 Å². The molecule has 152 valence electrons. The number of pyridine rings is 1. The summed E-state index contributed by atoms with van der Waals surface area (Å²) < 4.78 is 5.19. The van der Waals surface area contributed by atoms with Crippen molar-refractivity contribution in [3.8, 4) is 5.75 Å². The topological polar surface area (TPSA) is 71.5 Å². The van der Waals surface area contributed by atoms with Crippen LogP contribution in [0.15, 0.2) is 53.7 Å². The van der Waals surface area contributed by atoms with Crippen LogP contribution in [0, 0.1) is 6.92 Å². The molecule has 2 amide bonds. The zero-order chi connectivity index (χ0) is 21.0. The number of nitrogens with one attached hydrogen (secondary N) is 1. The van der Waals surface area contributed by atoms with Gasteiger partial charge in [0.15, 0.2) is 0 Å². The lowest BCUT2D eigenvalue weighted by molar-refractivity contribution is -0.126. The van der Waals surface area contributed by atoms with Crippen LogP contribution in [0.25, 0.3) is 0 Å². The molecule has 1 aliphatic rings. The average molecular weight is 412 g/mol. The highest BCUT2D eigenvalue weighted by Crippen LogP contribution is 2.34. The molecular weight excluding hydrogens is 386 g/mol. The molecule has 29 heavy (non-hydrogen) atoms. The van der Waals surface area contributed by atoms with E-state index in [9.17, 15) is 9.59 Å². The number of methoxy groups -OCH3 is 1. The fourth-order valence-electron chi connectivity index (χ4n) is 3.14. The lowest BCUT2D eigenvalue weighted by Crippen LogP contribution is -2.34. The van der Waals surface area contributed by atoms with Crippen molar-refractivity contribution in [2.24, 2.45) is 0 Å². The second-order valence-corrected chi connectivity index (χ2v) is 8.09. The lowest BCUT2D eigenvalue weighted by Gasteiger charge is -2.26. The van der Waals surface area contributed by atoms with Crippen molar-refractivity contribution in [3.63, 3.8) is 0 Å². The number of ether oxygens (including phenoxy) is 1. The van der Waals surface area contributed by atoms with Gasteiger partial charge in [-0.2, -0.15) is 0 Å². The molecule has 3 rings (SSSR count). The van der Waals surface area contributed by atoms with E-state index in [4.69, 9.17) is 4.74 Å². The number of benzene rings is 1. The van der Waals surface area contributed by atoms with Crippen LogP contribution in [0.4, 0.5) is 5.82 Å². The molecule has 6 nitrogen and oxygen atoms in total. The number of aryl methyl sites for hydroxylation is 1. The summed E-state index contributed by atoms with van der Waals surface area (Å²) in [5.74, 6) is 1.42. The molecule has 1 aromatic heterocycles. The van der Waals surface area contributed by atoms with Gasteiger partial charge in [0.05, 0.1) is 12.9 Å². The van der Waals surface area contributed by atoms with Gasteiger partial charge < -0.3 is 15.0 Å². The predicted molar refractivity (Wildman–Crippen MR) is 116 cm³/mol. The standard InChI is InChI=1S/C22H25N3O3S/c1-14-9-10-23-19(11-14)24-20(26)13-29-22-16(3)15(2)21(27)25(22)12-17-5-7-18(28-4)8-6-17/h5-11,22H,12-13H2,1-4H3,(H,23,24,26). The van der Waals surface area contributed by atoms with E-state index in [1.54, 1.807) is 13.3 Å². The number of amides is 2. The summed E-state index contributed by atoms with van der Waals surface area (Å²) in [5.41, 5.74) is 3.79. The zero-order valence-electron chi connectivity index (χ0n) is 17.1. The summed E-state index contributed by atoms with van der Waals surface area (Å²) >= 11 is 1.45. The van der Waals surface area contributed by atoms with Crippen molar-refractivity contribution in [2.45, 2.75) is 32.7 Å². The fourth-order valence-corrected chi connectivity index (χ4v) is 4.30. The lowest BCUT2D eigenvalue weighted by atomic mass is 10.2. The average Bonchev–Trinajstić information content (AvgIpc) is 2.90. The van der Waals surface area contributed by atoms with Gasteiger partial charge in [-0.3, -0.25) is 9.59 Å². The summed E-state index contributed by atoms with van der Waals surface area (Å²) in [4.78, 5) is 31.1. The van der Waals surface area contributed by atoms with E-state index in [0.29, 0.717) is 12.4 Å². The maximum Gasteiger partial charge on any atom is 0.251 e. The van der Waals surface area contributed by atoms with Crippen molar-refractivity contribution >= 4 is 29.4 Å². The molecule has 1 aliphatic heterocycles. The normalized spacial score (nSPS) is 16.3. The first kappa shape index (κ1) is 20.9. The van der Waals surface area contributed by atoms with Gasteiger partial charge in [-0.05, 0) is 61.7 Å². The quantitative estimate of drug-likeness (QED) is 0.751. The first-order valence-electron chi connectivity index (χ1n) is 9.34. The van der Waals surface area contributed by atoms with Crippen LogP contribution in [0.1, 0.15) is 25.0 Å². The molecule has 0 fully saturated rings. The highest BCUT2D eigenvalue weighted by Gasteiger charge is 2.35. The Bertz CT molecular complexity index is 941. The number of carbonyl (C=O) groups is 2. The highest BCUT2D eigenvalue weighted by molar-refractivity contribution is 8.00. The predicted octanol–water partition coefficient (Wildman–Crippen LogP) is 3.78. The Morgan fingerprint density at radius 3 is 2.59 bits per heavy atom. The number of hydrogen-bond donors (Lipinski definition) is 1. The number of carbonyl (C=O) groups excluding carboxylic acids is 2. The third-order valence-corrected chi connectivity index (χ3v) is 6.25. The van der Waals surface area contributed by atoms with Gasteiger partial charge >= 0.3 is 0 Å². The minimum atomic E-state index is -0.166. The molecule has 1 aromatic carbocycles. The molecule has 0 saturated heterocycles. The van der Waals surface area contributed by atoms with Crippen LogP contribution in [-0.4, -0.2) is 39.9 Å². The summed E-state index contributed by atoms with van der Waals surface area (Å²) in [7, 11) is 1.62. The van der Waals surface area contributed by atoms with Gasteiger partial charge in [0.2, 0.25) is 5.91 Å². The Hall–Kier alpha value is -2.80. The SMILES string of the molecule is COc1ccc(CN2C(=O)C(C)=C(C)C2SCC(=O)Nc2cc(C)ccn2)cc1. The first-order valence-corrected chi connectivity index (χ1v) is 10.4. The van der Waals surface area contributed by atoms with Gasteiger partial charge in [-0.1, -0.05) is 12.1 Å². The Labute approximate surface area is 175 Å². The van der Waals surface area contributed by atoms with Crippen LogP contribution in [-0.2, 0) is 16.1 Å². The smallest absolute Gasteiger partial charge is 0.251 e. The molecular formula is C22H25N3O3S. The molecule has 0 spiro atoms. The van der Waals surface area contributed by atoms with Gasteiger partial charge in [-0.15, -0.1) is 11.8 Å². The number of nitrogens with zero attached hydrogens (tertiary/aromatic N) is 2. The van der Waals surface area contributed by atoms with Gasteiger partial charge in [0, 0.05) is 18.3 Å². The number of hydrogen-bond acceptors (Lipinski definition) is 5. The molecule has 0 aliphatic carbocycles. The van der Waals surface area contributed by atoms with E-state index in [1.807, 2.05) is 62.1 Å². The first-order chi connectivity index (χ1) is 13.9. The molecule has 1 unspecified atom stereocenters. The monoisotopic (exact) mass is 411 g/mol. The second kappa shape index (κ2) is 9.13. The minimum Gasteiger partial charge on any atom is -0.497 e. The number of thioether (sulfide) groups is 1. The van der Waals surface area contributed by atoms with E-state index in [2.05, 4.69) is 10.3 Å². The molecule has 1 atom stereocenters. The maximum absolute atomic E-state index is 12.7.